The van der Waals surface area contributed by atoms with E-state index in [9.17, 15) is 13.8 Å². The molecule has 0 aliphatic rings. The summed E-state index contributed by atoms with van der Waals surface area (Å²) in [6.07, 6.45) is 0. The summed E-state index contributed by atoms with van der Waals surface area (Å²) in [6, 6.07) is 15.9. The highest BCUT2D eigenvalue weighted by Gasteiger charge is 2.10. The first-order valence-corrected chi connectivity index (χ1v) is 8.94. The van der Waals surface area contributed by atoms with Crippen LogP contribution >= 0.6 is 0 Å². The summed E-state index contributed by atoms with van der Waals surface area (Å²) in [4.78, 5) is 23.6. The molecule has 1 amide bonds. The zero-order valence-electron chi connectivity index (χ0n) is 13.4. The Morgan fingerprint density at radius 3 is 2.46 bits per heavy atom. The molecule has 126 valence electrons. The number of hydrogen-bond acceptors (Lipinski definition) is 4. The van der Waals surface area contributed by atoms with Crippen LogP contribution in [0.4, 0.5) is 0 Å². The Balaban J connectivity index is 1.83. The predicted octanol–water partition coefficient (Wildman–Crippen LogP) is 2.15. The molecule has 0 aromatic heterocycles. The normalized spacial score (nSPS) is 11.5. The fourth-order valence-corrected chi connectivity index (χ4v) is 3.16. The lowest BCUT2D eigenvalue weighted by molar-refractivity contribution is 0.0600. The van der Waals surface area contributed by atoms with Gasteiger partial charge in [0.15, 0.2) is 0 Å². The van der Waals surface area contributed by atoms with Crippen LogP contribution in [0.1, 0.15) is 26.3 Å². The molecule has 2 rings (SSSR count). The van der Waals surface area contributed by atoms with Crippen molar-refractivity contribution in [3.05, 3.63) is 71.3 Å². The number of esters is 1. The minimum absolute atomic E-state index is 0.306. The number of methoxy groups -OCH3 is 1. The van der Waals surface area contributed by atoms with Crippen molar-refractivity contribution in [2.24, 2.45) is 0 Å². The van der Waals surface area contributed by atoms with E-state index in [1.165, 1.54) is 13.2 Å². The summed E-state index contributed by atoms with van der Waals surface area (Å²) in [5.74, 6) is 0.0392. The van der Waals surface area contributed by atoms with Crippen LogP contribution in [0.25, 0.3) is 0 Å². The molecule has 0 saturated heterocycles. The molecule has 2 aromatic carbocycles. The number of hydrogen-bond donors (Lipinski definition) is 1. The molecule has 6 heteroatoms. The van der Waals surface area contributed by atoms with E-state index in [2.05, 4.69) is 10.1 Å². The van der Waals surface area contributed by atoms with Crippen molar-refractivity contribution in [1.29, 1.82) is 0 Å². The Morgan fingerprint density at radius 1 is 1.04 bits per heavy atom. The van der Waals surface area contributed by atoms with Crippen LogP contribution in [0.15, 0.2) is 54.6 Å². The van der Waals surface area contributed by atoms with Gasteiger partial charge in [-0.1, -0.05) is 36.4 Å². The molecule has 2 aromatic rings. The number of benzene rings is 2. The van der Waals surface area contributed by atoms with Gasteiger partial charge in [-0.15, -0.1) is 0 Å². The zero-order chi connectivity index (χ0) is 17.4. The number of carbonyl (C=O) groups is 2. The van der Waals surface area contributed by atoms with Crippen LogP contribution in [0.5, 0.6) is 0 Å². The molecule has 1 N–H and O–H groups in total. The van der Waals surface area contributed by atoms with Crippen molar-refractivity contribution in [3.8, 4) is 0 Å². The Kier molecular flexibility index (Phi) is 6.69. The van der Waals surface area contributed by atoms with E-state index in [1.807, 2.05) is 30.3 Å². The van der Waals surface area contributed by atoms with Gasteiger partial charge in [-0.2, -0.15) is 0 Å². The molecule has 0 spiro atoms. The molecule has 24 heavy (non-hydrogen) atoms. The number of ether oxygens (including phenoxy) is 1. The van der Waals surface area contributed by atoms with Crippen LogP contribution < -0.4 is 5.32 Å². The maximum Gasteiger partial charge on any atom is 0.337 e. The highest BCUT2D eigenvalue weighted by Crippen LogP contribution is 2.07. The van der Waals surface area contributed by atoms with E-state index in [4.69, 9.17) is 0 Å². The summed E-state index contributed by atoms with van der Waals surface area (Å²) in [7, 11) is 0.243. The Hall–Kier alpha value is -2.47. The highest BCUT2D eigenvalue weighted by atomic mass is 32.2. The molecule has 0 bridgehead atoms. The Morgan fingerprint density at radius 2 is 1.75 bits per heavy atom. The van der Waals surface area contributed by atoms with Crippen molar-refractivity contribution in [2.75, 3.05) is 19.4 Å². The third-order valence-corrected chi connectivity index (χ3v) is 4.65. The van der Waals surface area contributed by atoms with E-state index in [0.29, 0.717) is 29.2 Å². The summed E-state index contributed by atoms with van der Waals surface area (Å²) in [6.45, 7) is 0.306. The third kappa shape index (κ3) is 5.31. The number of nitrogens with one attached hydrogen (secondary N) is 1. The van der Waals surface area contributed by atoms with Crippen LogP contribution in [-0.4, -0.2) is 35.5 Å². The van der Waals surface area contributed by atoms with Crippen molar-refractivity contribution in [3.63, 3.8) is 0 Å². The minimum atomic E-state index is -1.05. The van der Waals surface area contributed by atoms with Gasteiger partial charge >= 0.3 is 5.97 Å². The summed E-state index contributed by atoms with van der Waals surface area (Å²) < 4.78 is 16.6. The van der Waals surface area contributed by atoms with Gasteiger partial charge in [0.05, 0.1) is 12.7 Å². The fraction of sp³-hybridized carbons (Fsp3) is 0.222. The number of rotatable bonds is 7. The second-order valence-corrected chi connectivity index (χ2v) is 6.68. The highest BCUT2D eigenvalue weighted by molar-refractivity contribution is 7.84. The average Bonchev–Trinajstić information content (AvgIpc) is 2.61. The quantitative estimate of drug-likeness (QED) is 0.781. The molecule has 0 saturated carbocycles. The van der Waals surface area contributed by atoms with Gasteiger partial charge in [0.25, 0.3) is 5.91 Å². The number of amides is 1. The van der Waals surface area contributed by atoms with Crippen molar-refractivity contribution >= 4 is 22.7 Å². The largest absolute Gasteiger partial charge is 0.465 e. The zero-order valence-corrected chi connectivity index (χ0v) is 14.2. The van der Waals surface area contributed by atoms with Gasteiger partial charge in [0.1, 0.15) is 0 Å². The SMILES string of the molecule is COC(=O)c1cccc(C(=O)NCC[S@@](=O)Cc2ccccc2)c1. The molecule has 1 atom stereocenters. The van der Waals surface area contributed by atoms with Crippen LogP contribution in [-0.2, 0) is 21.3 Å². The van der Waals surface area contributed by atoms with Crippen molar-refractivity contribution < 1.29 is 18.5 Å². The molecule has 0 fully saturated rings. The van der Waals surface area contributed by atoms with Gasteiger partial charge in [-0.25, -0.2) is 4.79 Å². The van der Waals surface area contributed by atoms with E-state index < -0.39 is 16.8 Å². The van der Waals surface area contributed by atoms with Crippen LogP contribution in [0.3, 0.4) is 0 Å². The molecule has 0 aliphatic heterocycles. The van der Waals surface area contributed by atoms with Gasteiger partial charge in [-0.05, 0) is 23.8 Å². The Bertz CT molecular complexity index is 731. The van der Waals surface area contributed by atoms with Crippen LogP contribution in [0, 0.1) is 0 Å². The van der Waals surface area contributed by atoms with Crippen molar-refractivity contribution in [1.82, 2.24) is 5.32 Å². The fourth-order valence-electron chi connectivity index (χ4n) is 2.12. The molecule has 0 heterocycles. The maximum atomic E-state index is 12.1. The molecule has 0 unspecified atom stereocenters. The van der Waals surface area contributed by atoms with E-state index >= 15 is 0 Å². The first kappa shape index (κ1) is 17.9. The summed E-state index contributed by atoms with van der Waals surface area (Å²) in [5.41, 5.74) is 1.69. The summed E-state index contributed by atoms with van der Waals surface area (Å²) in [5, 5.41) is 2.72. The Labute approximate surface area is 143 Å². The van der Waals surface area contributed by atoms with Crippen molar-refractivity contribution in [2.45, 2.75) is 5.75 Å². The van der Waals surface area contributed by atoms with E-state index in [0.717, 1.165) is 5.56 Å². The minimum Gasteiger partial charge on any atom is -0.465 e. The van der Waals surface area contributed by atoms with E-state index in [1.54, 1.807) is 18.2 Å². The summed E-state index contributed by atoms with van der Waals surface area (Å²) >= 11 is 0. The van der Waals surface area contributed by atoms with Gasteiger partial charge in [0.2, 0.25) is 0 Å². The average molecular weight is 345 g/mol. The standard InChI is InChI=1S/C18H19NO4S/c1-23-18(21)16-9-5-8-15(12-16)17(20)19-10-11-24(22)13-14-6-3-2-4-7-14/h2-9,12H,10-11,13H2,1H3,(H,19,20)/t24-/m1/s1. The van der Waals surface area contributed by atoms with Gasteiger partial charge < -0.3 is 10.1 Å². The monoisotopic (exact) mass is 345 g/mol. The first-order valence-electron chi connectivity index (χ1n) is 7.45. The second-order valence-electron chi connectivity index (χ2n) is 5.10. The van der Waals surface area contributed by atoms with Gasteiger partial charge in [0, 0.05) is 34.4 Å². The lowest BCUT2D eigenvalue weighted by atomic mass is 10.1. The predicted molar refractivity (Wildman–Crippen MR) is 93.3 cm³/mol. The number of carbonyl (C=O) groups excluding carboxylic acids is 2. The lowest BCUT2D eigenvalue weighted by Gasteiger charge is -2.07. The smallest absolute Gasteiger partial charge is 0.337 e. The molecule has 5 nitrogen and oxygen atoms in total. The van der Waals surface area contributed by atoms with E-state index in [-0.39, 0.29) is 5.91 Å². The molecular formula is C18H19NO4S. The molecule has 0 aliphatic carbocycles. The first-order chi connectivity index (χ1) is 11.6. The van der Waals surface area contributed by atoms with Crippen LogP contribution in [0.2, 0.25) is 0 Å². The third-order valence-electron chi connectivity index (χ3n) is 3.33. The maximum absolute atomic E-state index is 12.1. The second kappa shape index (κ2) is 8.98. The van der Waals surface area contributed by atoms with Gasteiger partial charge in [-0.3, -0.25) is 9.00 Å². The molecular weight excluding hydrogens is 326 g/mol. The molecule has 0 radical (unpaired) electrons. The topological polar surface area (TPSA) is 72.5 Å². The lowest BCUT2D eigenvalue weighted by Crippen LogP contribution is -2.28.